The van der Waals surface area contributed by atoms with Gasteiger partial charge in [-0.25, -0.2) is 9.97 Å². The maximum absolute atomic E-state index is 12.6. The lowest BCUT2D eigenvalue weighted by atomic mass is 10.1. The fourth-order valence-electron chi connectivity index (χ4n) is 3.12. The summed E-state index contributed by atoms with van der Waals surface area (Å²) in [5, 5.41) is 12.2. The number of hydrogen-bond donors (Lipinski definition) is 2. The van der Waals surface area contributed by atoms with Gasteiger partial charge in [0.2, 0.25) is 5.91 Å². The summed E-state index contributed by atoms with van der Waals surface area (Å²) in [4.78, 5) is 34.7. The molecule has 0 spiro atoms. The highest BCUT2D eigenvalue weighted by Crippen LogP contribution is 2.22. The second-order valence-electron chi connectivity index (χ2n) is 6.45. The number of likely N-dealkylation sites (tertiary alicyclic amines) is 1. The Hall–Kier alpha value is -3.25. The number of amides is 2. The first-order valence-corrected chi connectivity index (χ1v) is 9.19. The third-order valence-corrected chi connectivity index (χ3v) is 4.56. The minimum atomic E-state index is -0.479. The summed E-state index contributed by atoms with van der Waals surface area (Å²) in [5.41, 5.74) is 6.23. The van der Waals surface area contributed by atoms with Crippen LogP contribution in [0.4, 0.5) is 0 Å². The van der Waals surface area contributed by atoms with Crippen molar-refractivity contribution in [1.29, 1.82) is 5.26 Å². The maximum Gasteiger partial charge on any atom is 0.271 e. The average molecular weight is 382 g/mol. The molecule has 28 heavy (non-hydrogen) atoms. The maximum atomic E-state index is 12.6. The van der Waals surface area contributed by atoms with Gasteiger partial charge in [0.1, 0.15) is 23.8 Å². The molecule has 1 saturated heterocycles. The second-order valence-corrected chi connectivity index (χ2v) is 6.45. The van der Waals surface area contributed by atoms with Crippen LogP contribution in [-0.2, 0) is 4.79 Å². The van der Waals surface area contributed by atoms with Gasteiger partial charge >= 0.3 is 0 Å². The Morgan fingerprint density at radius 2 is 2.25 bits per heavy atom. The van der Waals surface area contributed by atoms with Gasteiger partial charge in [-0.2, -0.15) is 5.26 Å². The smallest absolute Gasteiger partial charge is 0.271 e. The van der Waals surface area contributed by atoms with Crippen molar-refractivity contribution in [2.24, 2.45) is 5.73 Å². The number of benzene rings is 1. The van der Waals surface area contributed by atoms with Crippen LogP contribution in [-0.4, -0.2) is 59.0 Å². The zero-order valence-electron chi connectivity index (χ0n) is 15.4. The number of fused-ring (bicyclic) bond motifs is 1. The lowest BCUT2D eigenvalue weighted by molar-refractivity contribution is -0.130. The Kier molecular flexibility index (Phi) is 6.34. The molecule has 1 fully saturated rings. The van der Waals surface area contributed by atoms with Gasteiger partial charge < -0.3 is 20.7 Å². The number of nitrogens with one attached hydrogen (secondary N) is 1. The van der Waals surface area contributed by atoms with E-state index in [4.69, 9.17) is 15.7 Å². The molecule has 1 aromatic carbocycles. The van der Waals surface area contributed by atoms with Crippen molar-refractivity contribution in [2.75, 3.05) is 26.2 Å². The fourth-order valence-corrected chi connectivity index (χ4v) is 3.12. The Labute approximate surface area is 162 Å². The summed E-state index contributed by atoms with van der Waals surface area (Å²) in [6.45, 7) is 1.35. The van der Waals surface area contributed by atoms with Gasteiger partial charge in [-0.1, -0.05) is 0 Å². The molecular weight excluding hydrogens is 360 g/mol. The second kappa shape index (κ2) is 9.10. The number of nitrogens with zero attached hydrogens (tertiary/aromatic N) is 4. The molecule has 2 aromatic rings. The summed E-state index contributed by atoms with van der Waals surface area (Å²) in [5.74, 6) is -0.163. The van der Waals surface area contributed by atoms with E-state index in [0.717, 1.165) is 12.8 Å². The van der Waals surface area contributed by atoms with Crippen LogP contribution < -0.4 is 15.8 Å². The van der Waals surface area contributed by atoms with Crippen molar-refractivity contribution in [2.45, 2.75) is 25.3 Å². The molecule has 2 amide bonds. The van der Waals surface area contributed by atoms with Crippen LogP contribution in [0.1, 0.15) is 29.8 Å². The first-order chi connectivity index (χ1) is 13.6. The van der Waals surface area contributed by atoms with Crippen LogP contribution in [0.25, 0.3) is 10.9 Å². The highest BCUT2D eigenvalue weighted by atomic mass is 16.5. The standard InChI is InChI=1S/C19H22N6O3/c20-6-2-8-28-14-4-5-16-15(9-14)18(24-12-23-16)19(27)22-11-17(26)25-7-1-3-13(25)10-21/h4-5,9,12-13H,1-3,6-8,11,20H2,(H,22,27). The first kappa shape index (κ1) is 19.5. The summed E-state index contributed by atoms with van der Waals surface area (Å²) in [7, 11) is 0. The molecule has 0 aliphatic carbocycles. The molecule has 3 N–H and O–H groups in total. The van der Waals surface area contributed by atoms with Crippen LogP contribution in [0.3, 0.4) is 0 Å². The molecule has 1 aliphatic heterocycles. The van der Waals surface area contributed by atoms with Gasteiger partial charge in [0, 0.05) is 11.9 Å². The minimum Gasteiger partial charge on any atom is -0.494 e. The number of ether oxygens (including phenoxy) is 1. The molecule has 1 atom stereocenters. The summed E-state index contributed by atoms with van der Waals surface area (Å²) in [6, 6.07) is 6.92. The number of carbonyl (C=O) groups excluding carboxylic acids is 2. The zero-order chi connectivity index (χ0) is 19.9. The number of nitriles is 1. The number of rotatable bonds is 7. The average Bonchev–Trinajstić information content (AvgIpc) is 3.20. The highest BCUT2D eigenvalue weighted by Gasteiger charge is 2.28. The van der Waals surface area contributed by atoms with E-state index in [0.29, 0.717) is 42.8 Å². The zero-order valence-corrected chi connectivity index (χ0v) is 15.4. The molecule has 0 radical (unpaired) electrons. The normalized spacial score (nSPS) is 16.0. The quantitative estimate of drug-likeness (QED) is 0.670. The lowest BCUT2D eigenvalue weighted by Crippen LogP contribution is -2.42. The molecule has 146 valence electrons. The van der Waals surface area contributed by atoms with Crippen molar-refractivity contribution < 1.29 is 14.3 Å². The van der Waals surface area contributed by atoms with E-state index in [1.54, 1.807) is 18.2 Å². The van der Waals surface area contributed by atoms with Crippen molar-refractivity contribution in [3.8, 4) is 11.8 Å². The van der Waals surface area contributed by atoms with Crippen LogP contribution in [0.5, 0.6) is 5.75 Å². The molecule has 3 rings (SSSR count). The van der Waals surface area contributed by atoms with Gasteiger partial charge in [-0.05, 0) is 44.0 Å². The van der Waals surface area contributed by atoms with Gasteiger partial charge in [0.05, 0.1) is 24.7 Å². The van der Waals surface area contributed by atoms with Crippen molar-refractivity contribution in [1.82, 2.24) is 20.2 Å². The molecule has 9 nitrogen and oxygen atoms in total. The van der Waals surface area contributed by atoms with E-state index < -0.39 is 11.9 Å². The van der Waals surface area contributed by atoms with Gasteiger partial charge in [-0.3, -0.25) is 9.59 Å². The van der Waals surface area contributed by atoms with E-state index in [1.165, 1.54) is 11.2 Å². The largest absolute Gasteiger partial charge is 0.494 e. The Morgan fingerprint density at radius 3 is 3.04 bits per heavy atom. The lowest BCUT2D eigenvalue weighted by Gasteiger charge is -2.19. The van der Waals surface area contributed by atoms with Gasteiger partial charge in [0.15, 0.2) is 0 Å². The van der Waals surface area contributed by atoms with Crippen LogP contribution in [0.2, 0.25) is 0 Å². The van der Waals surface area contributed by atoms with Crippen LogP contribution in [0, 0.1) is 11.3 Å². The molecular formula is C19H22N6O3. The molecule has 1 unspecified atom stereocenters. The molecule has 9 heteroatoms. The Morgan fingerprint density at radius 1 is 1.39 bits per heavy atom. The molecule has 0 bridgehead atoms. The summed E-state index contributed by atoms with van der Waals surface area (Å²) >= 11 is 0. The number of aromatic nitrogens is 2. The summed E-state index contributed by atoms with van der Waals surface area (Å²) < 4.78 is 5.62. The van der Waals surface area contributed by atoms with Crippen LogP contribution >= 0.6 is 0 Å². The van der Waals surface area contributed by atoms with E-state index >= 15 is 0 Å². The molecule has 2 heterocycles. The SMILES string of the molecule is N#CC1CCCN1C(=O)CNC(=O)c1ncnc2ccc(OCCCN)cc12. The minimum absolute atomic E-state index is 0.167. The van der Waals surface area contributed by atoms with E-state index in [9.17, 15) is 9.59 Å². The summed E-state index contributed by atoms with van der Waals surface area (Å²) in [6.07, 6.45) is 3.49. The Bertz CT molecular complexity index is 910. The van der Waals surface area contributed by atoms with Crippen molar-refractivity contribution in [3.05, 3.63) is 30.2 Å². The van der Waals surface area contributed by atoms with E-state index in [1.807, 2.05) is 0 Å². The molecule has 1 aromatic heterocycles. The van der Waals surface area contributed by atoms with Crippen molar-refractivity contribution in [3.63, 3.8) is 0 Å². The van der Waals surface area contributed by atoms with Crippen molar-refractivity contribution >= 4 is 22.7 Å². The third kappa shape index (κ3) is 4.35. The van der Waals surface area contributed by atoms with Gasteiger partial charge in [0.25, 0.3) is 5.91 Å². The molecule has 1 aliphatic rings. The predicted octanol–water partition coefficient (Wildman–Crippen LogP) is 0.602. The Balaban J connectivity index is 1.71. The van der Waals surface area contributed by atoms with Gasteiger partial charge in [-0.15, -0.1) is 0 Å². The first-order valence-electron chi connectivity index (χ1n) is 9.19. The van der Waals surface area contributed by atoms with Crippen LogP contribution in [0.15, 0.2) is 24.5 Å². The molecule has 0 saturated carbocycles. The number of hydrogen-bond acceptors (Lipinski definition) is 7. The highest BCUT2D eigenvalue weighted by molar-refractivity contribution is 6.05. The number of nitrogens with two attached hydrogens (primary N) is 1. The van der Waals surface area contributed by atoms with E-state index in [-0.39, 0.29) is 18.1 Å². The topological polar surface area (TPSA) is 134 Å². The van der Waals surface area contributed by atoms with E-state index in [2.05, 4.69) is 21.4 Å². The fraction of sp³-hybridized carbons (Fsp3) is 0.421. The predicted molar refractivity (Wildman–Crippen MR) is 101 cm³/mol. The third-order valence-electron chi connectivity index (χ3n) is 4.56. The monoisotopic (exact) mass is 382 g/mol. The number of carbonyl (C=O) groups is 2.